The van der Waals surface area contributed by atoms with Crippen LogP contribution in [0.4, 0.5) is 5.69 Å². The molecule has 202 valence electrons. The van der Waals surface area contributed by atoms with Crippen molar-refractivity contribution in [1.29, 1.82) is 0 Å². The highest BCUT2D eigenvalue weighted by atomic mass is 79.9. The number of anilines is 1. The average Bonchev–Trinajstić information content (AvgIpc) is 2.95. The zero-order valence-electron chi connectivity index (χ0n) is 20.8. The second-order valence-corrected chi connectivity index (χ2v) is 9.43. The third kappa shape index (κ3) is 9.19. The van der Waals surface area contributed by atoms with E-state index in [0.717, 1.165) is 32.6 Å². The first-order valence-electron chi connectivity index (χ1n) is 11.9. The first kappa shape index (κ1) is 29.8. The molecule has 1 aromatic heterocycles. The van der Waals surface area contributed by atoms with E-state index in [-0.39, 0.29) is 19.0 Å². The Morgan fingerprint density at radius 3 is 2.62 bits per heavy atom. The van der Waals surface area contributed by atoms with E-state index in [4.69, 9.17) is 31.3 Å². The van der Waals surface area contributed by atoms with Crippen LogP contribution in [0, 0.1) is 0 Å². The lowest BCUT2D eigenvalue weighted by Crippen LogP contribution is -2.18. The largest absolute Gasteiger partial charge is 0.489 e. The highest BCUT2D eigenvalue weighted by Gasteiger charge is 2.11. The Balaban J connectivity index is 0.00000134. The molecule has 0 aliphatic carbocycles. The quantitative estimate of drug-likeness (QED) is 0.132. The molecule has 0 fully saturated rings. The molecule has 0 bridgehead atoms. The van der Waals surface area contributed by atoms with Crippen molar-refractivity contribution in [1.82, 2.24) is 10.3 Å². The van der Waals surface area contributed by atoms with Gasteiger partial charge in [0.15, 0.2) is 0 Å². The lowest BCUT2D eigenvalue weighted by atomic mass is 10.1. The summed E-state index contributed by atoms with van der Waals surface area (Å²) in [4.78, 5) is 25.7. The Kier molecular flexibility index (Phi) is 11.9. The Morgan fingerprint density at radius 2 is 1.87 bits per heavy atom. The fourth-order valence-electron chi connectivity index (χ4n) is 3.62. The minimum atomic E-state index is -0.250. The van der Waals surface area contributed by atoms with E-state index in [1.165, 1.54) is 0 Å². The van der Waals surface area contributed by atoms with Crippen LogP contribution in [0.2, 0.25) is 5.02 Å². The molecule has 4 aromatic rings. The molecular weight excluding hydrogens is 586 g/mol. The van der Waals surface area contributed by atoms with Crippen molar-refractivity contribution in [2.75, 3.05) is 18.5 Å². The van der Waals surface area contributed by atoms with Crippen LogP contribution in [0.1, 0.15) is 21.5 Å². The van der Waals surface area contributed by atoms with Crippen LogP contribution in [-0.2, 0) is 17.9 Å². The van der Waals surface area contributed by atoms with Gasteiger partial charge in [0.25, 0.3) is 12.4 Å². The van der Waals surface area contributed by atoms with Crippen LogP contribution in [0.15, 0.2) is 89.5 Å². The SMILES string of the molecule is O=C(Nc1ccc(Cl)c(-c2ccccn2)c1)c1cccc(COc2ccc(Br)cc2CNCCO)c1.O=CO. The summed E-state index contributed by atoms with van der Waals surface area (Å²) in [5.41, 5.74) is 4.46. The average molecular weight is 613 g/mol. The van der Waals surface area contributed by atoms with Crippen LogP contribution in [0.3, 0.4) is 0 Å². The van der Waals surface area contributed by atoms with Gasteiger partial charge in [0.2, 0.25) is 0 Å². The van der Waals surface area contributed by atoms with E-state index in [0.29, 0.717) is 36.0 Å². The summed E-state index contributed by atoms with van der Waals surface area (Å²) in [5, 5.41) is 22.6. The van der Waals surface area contributed by atoms with E-state index >= 15 is 0 Å². The number of nitrogens with zero attached hydrogens (tertiary/aromatic N) is 1. The highest BCUT2D eigenvalue weighted by molar-refractivity contribution is 9.10. The second kappa shape index (κ2) is 15.6. The highest BCUT2D eigenvalue weighted by Crippen LogP contribution is 2.29. The van der Waals surface area contributed by atoms with Gasteiger partial charge in [-0.25, -0.2) is 0 Å². The van der Waals surface area contributed by atoms with Crippen molar-refractivity contribution in [2.24, 2.45) is 0 Å². The van der Waals surface area contributed by atoms with Gasteiger partial charge in [-0.3, -0.25) is 14.6 Å². The van der Waals surface area contributed by atoms with Gasteiger partial charge in [0, 0.05) is 46.1 Å². The molecule has 0 atom stereocenters. The molecule has 1 amide bonds. The summed E-state index contributed by atoms with van der Waals surface area (Å²) in [7, 11) is 0. The number of hydrogen-bond donors (Lipinski definition) is 4. The van der Waals surface area contributed by atoms with E-state index in [2.05, 4.69) is 31.5 Å². The Morgan fingerprint density at radius 1 is 1.05 bits per heavy atom. The van der Waals surface area contributed by atoms with E-state index < -0.39 is 0 Å². The van der Waals surface area contributed by atoms with Gasteiger partial charge in [-0.05, 0) is 66.2 Å². The van der Waals surface area contributed by atoms with Crippen LogP contribution >= 0.6 is 27.5 Å². The number of nitrogens with one attached hydrogen (secondary N) is 2. The normalized spacial score (nSPS) is 10.2. The van der Waals surface area contributed by atoms with Crippen LogP contribution in [0.25, 0.3) is 11.3 Å². The summed E-state index contributed by atoms with van der Waals surface area (Å²) in [6, 6.07) is 24.0. The van der Waals surface area contributed by atoms with Gasteiger partial charge in [-0.1, -0.05) is 45.7 Å². The third-order valence-corrected chi connectivity index (χ3v) is 6.20. The number of rotatable bonds is 10. The number of aliphatic hydroxyl groups excluding tert-OH is 1. The number of carbonyl (C=O) groups excluding carboxylic acids is 1. The van der Waals surface area contributed by atoms with Crippen molar-refractivity contribution in [3.63, 3.8) is 0 Å². The molecule has 0 unspecified atom stereocenters. The summed E-state index contributed by atoms with van der Waals surface area (Å²) in [6.45, 7) is 1.19. The van der Waals surface area contributed by atoms with E-state index in [1.807, 2.05) is 60.7 Å². The molecule has 1 heterocycles. The van der Waals surface area contributed by atoms with Gasteiger partial charge in [0.05, 0.1) is 17.3 Å². The molecule has 0 saturated carbocycles. The van der Waals surface area contributed by atoms with E-state index in [1.54, 1.807) is 24.4 Å². The molecule has 8 nitrogen and oxygen atoms in total. The van der Waals surface area contributed by atoms with Crippen molar-refractivity contribution in [2.45, 2.75) is 13.2 Å². The summed E-state index contributed by atoms with van der Waals surface area (Å²) in [5.74, 6) is 0.505. The molecular formula is C29H27BrClN3O5. The minimum Gasteiger partial charge on any atom is -0.489 e. The number of aromatic nitrogens is 1. The van der Waals surface area contributed by atoms with Gasteiger partial charge in [0.1, 0.15) is 12.4 Å². The minimum absolute atomic E-state index is 0.0690. The van der Waals surface area contributed by atoms with Gasteiger partial charge >= 0.3 is 0 Å². The van der Waals surface area contributed by atoms with Crippen molar-refractivity contribution < 1.29 is 24.5 Å². The summed E-state index contributed by atoms with van der Waals surface area (Å²) in [6.07, 6.45) is 1.70. The fraction of sp³-hybridized carbons (Fsp3) is 0.138. The zero-order valence-corrected chi connectivity index (χ0v) is 23.2. The number of benzene rings is 3. The number of pyridine rings is 1. The van der Waals surface area contributed by atoms with Crippen molar-refractivity contribution in [3.05, 3.63) is 111 Å². The Hall–Kier alpha value is -3.76. The van der Waals surface area contributed by atoms with Crippen molar-refractivity contribution >= 4 is 45.6 Å². The standard InChI is InChI=1S/C28H25BrClN3O3.CH2O2/c29-22-7-10-27(21(15-22)17-31-12-13-34)36-18-19-4-3-5-20(14-19)28(35)33-23-8-9-25(30)24(16-23)26-6-1-2-11-32-26;2-1-3/h1-11,14-16,31,34H,12-13,17-18H2,(H,33,35);1H,(H,2,3). The first-order valence-corrected chi connectivity index (χ1v) is 13.0. The monoisotopic (exact) mass is 611 g/mol. The summed E-state index contributed by atoms with van der Waals surface area (Å²) < 4.78 is 7.01. The number of amides is 1. The second-order valence-electron chi connectivity index (χ2n) is 8.11. The number of ether oxygens (including phenoxy) is 1. The lowest BCUT2D eigenvalue weighted by molar-refractivity contribution is -0.122. The first-order chi connectivity index (χ1) is 18.9. The van der Waals surface area contributed by atoms with Crippen LogP contribution in [0.5, 0.6) is 5.75 Å². The van der Waals surface area contributed by atoms with Gasteiger partial charge in [-0.15, -0.1) is 0 Å². The molecule has 0 saturated heterocycles. The number of carbonyl (C=O) groups is 2. The molecule has 0 spiro atoms. The Labute approximate surface area is 239 Å². The molecule has 0 radical (unpaired) electrons. The molecule has 0 aliphatic rings. The number of halogens is 2. The number of hydrogen-bond acceptors (Lipinski definition) is 6. The maximum Gasteiger partial charge on any atom is 0.290 e. The number of aliphatic hydroxyl groups is 1. The molecule has 10 heteroatoms. The third-order valence-electron chi connectivity index (χ3n) is 5.38. The molecule has 4 rings (SSSR count). The van der Waals surface area contributed by atoms with Crippen LogP contribution < -0.4 is 15.4 Å². The zero-order chi connectivity index (χ0) is 28.0. The smallest absolute Gasteiger partial charge is 0.290 e. The predicted octanol–water partition coefficient (Wildman–Crippen LogP) is 5.78. The molecule has 39 heavy (non-hydrogen) atoms. The van der Waals surface area contributed by atoms with Gasteiger partial charge in [-0.2, -0.15) is 0 Å². The Bertz CT molecular complexity index is 1390. The maximum absolute atomic E-state index is 13.0. The molecule has 3 aromatic carbocycles. The fourth-order valence-corrected chi connectivity index (χ4v) is 4.24. The summed E-state index contributed by atoms with van der Waals surface area (Å²) >= 11 is 9.85. The van der Waals surface area contributed by atoms with Gasteiger partial charge < -0.3 is 25.6 Å². The predicted molar refractivity (Wildman–Crippen MR) is 155 cm³/mol. The molecule has 4 N–H and O–H groups in total. The number of carboxylic acid groups (broad SMARTS) is 1. The van der Waals surface area contributed by atoms with Crippen LogP contribution in [-0.4, -0.2) is 40.7 Å². The topological polar surface area (TPSA) is 121 Å². The van der Waals surface area contributed by atoms with Crippen molar-refractivity contribution in [3.8, 4) is 17.0 Å². The maximum atomic E-state index is 13.0. The van der Waals surface area contributed by atoms with E-state index in [9.17, 15) is 4.79 Å². The lowest BCUT2D eigenvalue weighted by Gasteiger charge is -2.13. The molecule has 0 aliphatic heterocycles.